The fourth-order valence-electron chi connectivity index (χ4n) is 2.02. The Hall–Kier alpha value is -2.82. The van der Waals surface area contributed by atoms with Crippen molar-refractivity contribution in [2.24, 2.45) is 0 Å². The molecule has 1 unspecified atom stereocenters. The van der Waals surface area contributed by atoms with Crippen molar-refractivity contribution in [1.29, 1.82) is 0 Å². The number of hydrogen-bond donors (Lipinski definition) is 0. The predicted octanol–water partition coefficient (Wildman–Crippen LogP) is 3.06. The van der Waals surface area contributed by atoms with Gasteiger partial charge in [0.15, 0.2) is 0 Å². The topological polar surface area (TPSA) is 55.8 Å². The van der Waals surface area contributed by atoms with Gasteiger partial charge in [0.05, 0.1) is 13.2 Å². The molecule has 0 radical (unpaired) electrons. The lowest BCUT2D eigenvalue weighted by molar-refractivity contribution is -0.136. The Morgan fingerprint density at radius 3 is 2.64 bits per heavy atom. The molecular formula is C17H17NO4. The van der Waals surface area contributed by atoms with Crippen LogP contribution in [0.3, 0.4) is 0 Å². The second-order valence-electron chi connectivity index (χ2n) is 4.68. The maximum Gasteiger partial charge on any atom is 0.419 e. The number of nitrogens with zero attached hydrogens (tertiary/aromatic N) is 1. The molecule has 1 aromatic carbocycles. The van der Waals surface area contributed by atoms with E-state index in [0.717, 1.165) is 0 Å². The number of para-hydroxylation sites is 1. The standard InChI is InChI=1S/C17H17NO4/c1-13(16(19)21-2)12-14-8-6-7-11-18(14)17(20)22-15-9-4-3-5-10-15/h3-11,14H,1,12H2,2H3. The van der Waals surface area contributed by atoms with Crippen LogP contribution in [0, 0.1) is 0 Å². The van der Waals surface area contributed by atoms with Gasteiger partial charge >= 0.3 is 12.1 Å². The number of rotatable bonds is 4. The fraction of sp³-hybridized carbons (Fsp3) is 0.176. The number of allylic oxidation sites excluding steroid dienone is 2. The Bertz CT molecular complexity index is 619. The first-order valence-electron chi connectivity index (χ1n) is 6.78. The summed E-state index contributed by atoms with van der Waals surface area (Å²) in [5.74, 6) is -0.0275. The molecule has 0 spiro atoms. The van der Waals surface area contributed by atoms with Gasteiger partial charge in [-0.05, 0) is 18.2 Å². The summed E-state index contributed by atoms with van der Waals surface area (Å²) in [6.45, 7) is 3.69. The molecule has 0 bridgehead atoms. The van der Waals surface area contributed by atoms with Gasteiger partial charge in [-0.2, -0.15) is 0 Å². The largest absolute Gasteiger partial charge is 0.466 e. The third kappa shape index (κ3) is 3.85. The number of hydrogen-bond acceptors (Lipinski definition) is 4. The number of esters is 1. The molecule has 5 heteroatoms. The number of amides is 1. The Morgan fingerprint density at radius 1 is 1.23 bits per heavy atom. The lowest BCUT2D eigenvalue weighted by atomic mass is 10.0. The third-order valence-electron chi connectivity index (χ3n) is 3.14. The van der Waals surface area contributed by atoms with E-state index in [-0.39, 0.29) is 12.5 Å². The van der Waals surface area contributed by atoms with Crippen LogP contribution in [0.2, 0.25) is 0 Å². The molecule has 114 valence electrons. The first-order valence-corrected chi connectivity index (χ1v) is 6.78. The van der Waals surface area contributed by atoms with E-state index >= 15 is 0 Å². The second kappa shape index (κ2) is 7.26. The van der Waals surface area contributed by atoms with Crippen LogP contribution >= 0.6 is 0 Å². The summed E-state index contributed by atoms with van der Waals surface area (Å²) in [6, 6.07) is 8.46. The highest BCUT2D eigenvalue weighted by molar-refractivity contribution is 5.87. The van der Waals surface area contributed by atoms with Gasteiger partial charge in [0.1, 0.15) is 5.75 Å². The third-order valence-corrected chi connectivity index (χ3v) is 3.14. The summed E-state index contributed by atoms with van der Waals surface area (Å²) in [4.78, 5) is 25.1. The Labute approximate surface area is 129 Å². The minimum Gasteiger partial charge on any atom is -0.466 e. The Morgan fingerprint density at radius 2 is 1.95 bits per heavy atom. The van der Waals surface area contributed by atoms with Crippen LogP contribution in [0.5, 0.6) is 5.75 Å². The quantitative estimate of drug-likeness (QED) is 0.633. The zero-order chi connectivity index (χ0) is 15.9. The Balaban J connectivity index is 2.05. The molecule has 1 heterocycles. The molecule has 1 amide bonds. The van der Waals surface area contributed by atoms with Crippen LogP contribution in [0.25, 0.3) is 0 Å². The SMILES string of the molecule is C=C(CC1C=CC=CN1C(=O)Oc1ccccc1)C(=O)OC. The highest BCUT2D eigenvalue weighted by Gasteiger charge is 2.25. The van der Waals surface area contributed by atoms with Crippen molar-refractivity contribution in [3.8, 4) is 5.75 Å². The van der Waals surface area contributed by atoms with Crippen molar-refractivity contribution in [3.05, 3.63) is 66.9 Å². The van der Waals surface area contributed by atoms with Gasteiger partial charge in [0, 0.05) is 18.2 Å². The van der Waals surface area contributed by atoms with Gasteiger partial charge in [-0.15, -0.1) is 0 Å². The molecule has 1 aliphatic heterocycles. The van der Waals surface area contributed by atoms with Crippen molar-refractivity contribution in [3.63, 3.8) is 0 Å². The molecule has 5 nitrogen and oxygen atoms in total. The van der Waals surface area contributed by atoms with Crippen molar-refractivity contribution in [1.82, 2.24) is 4.90 Å². The summed E-state index contributed by atoms with van der Waals surface area (Å²) in [5.41, 5.74) is 0.296. The minimum atomic E-state index is -0.519. The molecule has 1 atom stereocenters. The van der Waals surface area contributed by atoms with E-state index < -0.39 is 12.1 Å². The molecule has 1 aromatic rings. The Kier molecular flexibility index (Phi) is 5.14. The molecule has 0 N–H and O–H groups in total. The van der Waals surface area contributed by atoms with Gasteiger partial charge < -0.3 is 9.47 Å². The first kappa shape index (κ1) is 15.6. The normalized spacial score (nSPS) is 16.2. The lowest BCUT2D eigenvalue weighted by Gasteiger charge is -2.27. The van der Waals surface area contributed by atoms with Gasteiger partial charge in [-0.1, -0.05) is 36.9 Å². The van der Waals surface area contributed by atoms with Gasteiger partial charge in [-0.25, -0.2) is 9.59 Å². The smallest absolute Gasteiger partial charge is 0.419 e. The van der Waals surface area contributed by atoms with Gasteiger partial charge in [-0.3, -0.25) is 4.90 Å². The van der Waals surface area contributed by atoms with Crippen molar-refractivity contribution in [2.45, 2.75) is 12.5 Å². The maximum absolute atomic E-state index is 12.3. The van der Waals surface area contributed by atoms with E-state index in [1.165, 1.54) is 12.0 Å². The number of carbonyl (C=O) groups excluding carboxylic acids is 2. The minimum absolute atomic E-state index is 0.275. The monoisotopic (exact) mass is 299 g/mol. The summed E-state index contributed by atoms with van der Waals surface area (Å²) in [7, 11) is 1.30. The molecule has 0 saturated carbocycles. The molecular weight excluding hydrogens is 282 g/mol. The molecule has 2 rings (SSSR count). The second-order valence-corrected chi connectivity index (χ2v) is 4.68. The maximum atomic E-state index is 12.3. The molecule has 0 saturated heterocycles. The van der Waals surface area contributed by atoms with Crippen LogP contribution in [0.4, 0.5) is 4.79 Å². The molecule has 0 aromatic heterocycles. The van der Waals surface area contributed by atoms with E-state index in [1.54, 1.807) is 42.6 Å². The van der Waals surface area contributed by atoms with Crippen LogP contribution in [-0.4, -0.2) is 30.1 Å². The highest BCUT2D eigenvalue weighted by Crippen LogP contribution is 2.19. The van der Waals surface area contributed by atoms with Crippen LogP contribution in [-0.2, 0) is 9.53 Å². The van der Waals surface area contributed by atoms with E-state index in [0.29, 0.717) is 11.3 Å². The average Bonchev–Trinajstić information content (AvgIpc) is 2.55. The highest BCUT2D eigenvalue weighted by atomic mass is 16.6. The van der Waals surface area contributed by atoms with E-state index in [4.69, 9.17) is 4.74 Å². The van der Waals surface area contributed by atoms with Crippen LogP contribution < -0.4 is 4.74 Å². The van der Waals surface area contributed by atoms with Crippen molar-refractivity contribution in [2.75, 3.05) is 7.11 Å². The van der Waals surface area contributed by atoms with Gasteiger partial charge in [0.2, 0.25) is 0 Å². The summed E-state index contributed by atoms with van der Waals surface area (Å²) in [6.07, 6.45) is 6.71. The number of benzene rings is 1. The molecule has 0 fully saturated rings. The van der Waals surface area contributed by atoms with E-state index in [2.05, 4.69) is 11.3 Å². The zero-order valence-corrected chi connectivity index (χ0v) is 12.3. The van der Waals surface area contributed by atoms with Crippen molar-refractivity contribution >= 4 is 12.1 Å². The van der Waals surface area contributed by atoms with E-state index in [9.17, 15) is 9.59 Å². The summed E-state index contributed by atoms with van der Waals surface area (Å²) in [5, 5.41) is 0. The summed E-state index contributed by atoms with van der Waals surface area (Å²) >= 11 is 0. The van der Waals surface area contributed by atoms with Crippen LogP contribution in [0.15, 0.2) is 66.9 Å². The number of carbonyl (C=O) groups is 2. The van der Waals surface area contributed by atoms with Crippen LogP contribution in [0.1, 0.15) is 6.42 Å². The number of methoxy groups -OCH3 is 1. The molecule has 0 aliphatic carbocycles. The van der Waals surface area contributed by atoms with Crippen molar-refractivity contribution < 1.29 is 19.1 Å². The molecule has 22 heavy (non-hydrogen) atoms. The van der Waals surface area contributed by atoms with Gasteiger partial charge in [0.25, 0.3) is 0 Å². The molecule has 1 aliphatic rings. The number of ether oxygens (including phenoxy) is 2. The van der Waals surface area contributed by atoms with E-state index in [1.807, 2.05) is 12.1 Å². The zero-order valence-electron chi connectivity index (χ0n) is 12.3. The lowest BCUT2D eigenvalue weighted by Crippen LogP contribution is -2.38. The fourth-order valence-corrected chi connectivity index (χ4v) is 2.02. The predicted molar refractivity (Wildman–Crippen MR) is 82.1 cm³/mol. The first-order chi connectivity index (χ1) is 10.6. The summed E-state index contributed by atoms with van der Waals surface area (Å²) < 4.78 is 9.94. The average molecular weight is 299 g/mol.